The molecule has 0 saturated heterocycles. The van der Waals surface area contributed by atoms with E-state index in [1.165, 1.54) is 0 Å². The molecule has 0 radical (unpaired) electrons. The fourth-order valence-corrected chi connectivity index (χ4v) is 4.79. The van der Waals surface area contributed by atoms with E-state index in [0.29, 0.717) is 39.8 Å². The third-order valence-electron chi connectivity index (χ3n) is 6.96. The minimum atomic E-state index is 0.0353. The maximum Gasteiger partial charge on any atom is 0.231 e. The highest BCUT2D eigenvalue weighted by Crippen LogP contribution is 2.38. The smallest absolute Gasteiger partial charge is 0.231 e. The summed E-state index contributed by atoms with van der Waals surface area (Å²) in [6.07, 6.45) is 6.98. The third kappa shape index (κ3) is 3.74. The van der Waals surface area contributed by atoms with Gasteiger partial charge in [-0.15, -0.1) is 0 Å². The minimum Gasteiger partial charge on any atom is -0.454 e. The Morgan fingerprint density at radius 1 is 0.974 bits per heavy atom. The second-order valence-corrected chi connectivity index (χ2v) is 9.60. The molecule has 8 rings (SSSR count). The lowest BCUT2D eigenvalue weighted by atomic mass is 10.1. The summed E-state index contributed by atoms with van der Waals surface area (Å²) in [5, 5.41) is 10.5. The van der Waals surface area contributed by atoms with Gasteiger partial charge in [0, 0.05) is 29.4 Å². The van der Waals surface area contributed by atoms with Gasteiger partial charge in [0.05, 0.1) is 28.6 Å². The van der Waals surface area contributed by atoms with Gasteiger partial charge in [-0.25, -0.2) is 15.0 Å². The number of ether oxygens (including phenoxy) is 2. The summed E-state index contributed by atoms with van der Waals surface area (Å²) in [5.74, 6) is 2.13. The first-order valence-electron chi connectivity index (χ1n) is 12.6. The summed E-state index contributed by atoms with van der Waals surface area (Å²) < 4.78 is 11.0. The standard InChI is InChI=1S/C28H20N8O3/c37-28(14-1-2-14)31-17-9-16(11-29-12-17)19-4-5-20-24(32-19)25(36-35-20)27-33-23-18(7-8-30-26(23)34-27)15-3-6-21-22(10-15)39-13-38-21/h3-12,14H,1-2,13H2,(H,31,37)(H,35,36)(H,30,33,34). The van der Waals surface area contributed by atoms with Crippen molar-refractivity contribution >= 4 is 33.8 Å². The first-order valence-corrected chi connectivity index (χ1v) is 12.6. The van der Waals surface area contributed by atoms with Gasteiger partial charge in [0.15, 0.2) is 28.7 Å². The van der Waals surface area contributed by atoms with Crippen LogP contribution in [0.15, 0.2) is 61.1 Å². The molecule has 1 aliphatic heterocycles. The SMILES string of the molecule is O=C(Nc1cncc(-c2ccc3[nH]nc(-c4nc5nccc(-c6ccc7c(c6)OCO7)c5[nH]4)c3n2)c1)C1CC1. The van der Waals surface area contributed by atoms with Gasteiger partial charge in [0.1, 0.15) is 5.52 Å². The fraction of sp³-hybridized carbons (Fsp3) is 0.143. The monoisotopic (exact) mass is 516 g/mol. The number of hydrogen-bond acceptors (Lipinski definition) is 8. The average Bonchev–Trinajstić information content (AvgIpc) is 3.36. The van der Waals surface area contributed by atoms with Crippen molar-refractivity contribution in [2.24, 2.45) is 5.92 Å². The van der Waals surface area contributed by atoms with Crippen molar-refractivity contribution in [3.05, 3.63) is 61.1 Å². The number of carbonyl (C=O) groups is 1. The number of anilines is 1. The highest BCUT2D eigenvalue weighted by molar-refractivity contribution is 5.96. The van der Waals surface area contributed by atoms with Crippen molar-refractivity contribution in [2.75, 3.05) is 12.1 Å². The van der Waals surface area contributed by atoms with E-state index in [0.717, 1.165) is 46.3 Å². The van der Waals surface area contributed by atoms with Crippen molar-refractivity contribution in [3.63, 3.8) is 0 Å². The molecule has 11 heteroatoms. The fourth-order valence-electron chi connectivity index (χ4n) is 4.79. The van der Waals surface area contributed by atoms with E-state index in [1.54, 1.807) is 18.6 Å². The quantitative estimate of drug-likeness (QED) is 0.299. The van der Waals surface area contributed by atoms with Crippen LogP contribution in [0, 0.1) is 5.92 Å². The van der Waals surface area contributed by atoms with Crippen LogP contribution in [0.25, 0.3) is 56.1 Å². The zero-order valence-corrected chi connectivity index (χ0v) is 20.4. The van der Waals surface area contributed by atoms with Gasteiger partial charge in [0.2, 0.25) is 12.7 Å². The van der Waals surface area contributed by atoms with Gasteiger partial charge in [-0.3, -0.25) is 14.9 Å². The van der Waals surface area contributed by atoms with Crippen molar-refractivity contribution < 1.29 is 14.3 Å². The molecule has 0 spiro atoms. The number of aromatic nitrogens is 7. The molecule has 39 heavy (non-hydrogen) atoms. The molecule has 1 fully saturated rings. The Labute approximate surface area is 220 Å². The molecule has 6 aromatic rings. The van der Waals surface area contributed by atoms with Crippen molar-refractivity contribution in [2.45, 2.75) is 12.8 Å². The first kappa shape index (κ1) is 21.7. The van der Waals surface area contributed by atoms with E-state index in [9.17, 15) is 4.79 Å². The molecule has 1 aromatic carbocycles. The normalized spacial score (nSPS) is 14.3. The van der Waals surface area contributed by atoms with E-state index in [4.69, 9.17) is 19.4 Å². The van der Waals surface area contributed by atoms with Crippen LogP contribution in [0.1, 0.15) is 12.8 Å². The lowest BCUT2D eigenvalue weighted by Gasteiger charge is -2.06. The Balaban J connectivity index is 1.18. The van der Waals surface area contributed by atoms with Crippen LogP contribution in [0.2, 0.25) is 0 Å². The molecule has 0 unspecified atom stereocenters. The van der Waals surface area contributed by atoms with E-state index < -0.39 is 0 Å². The number of carbonyl (C=O) groups excluding carboxylic acids is 1. The van der Waals surface area contributed by atoms with Gasteiger partial charge in [0.25, 0.3) is 0 Å². The van der Waals surface area contributed by atoms with Crippen molar-refractivity contribution in [1.29, 1.82) is 0 Å². The van der Waals surface area contributed by atoms with Crippen LogP contribution in [-0.4, -0.2) is 47.8 Å². The van der Waals surface area contributed by atoms with Crippen LogP contribution < -0.4 is 14.8 Å². The summed E-state index contributed by atoms with van der Waals surface area (Å²) in [7, 11) is 0. The van der Waals surface area contributed by atoms with Gasteiger partial charge < -0.3 is 19.8 Å². The number of fused-ring (bicyclic) bond motifs is 3. The lowest BCUT2D eigenvalue weighted by Crippen LogP contribution is -2.13. The largest absolute Gasteiger partial charge is 0.454 e. The Morgan fingerprint density at radius 3 is 2.82 bits per heavy atom. The van der Waals surface area contributed by atoms with Gasteiger partial charge in [-0.05, 0) is 54.8 Å². The molecule has 0 bridgehead atoms. The van der Waals surface area contributed by atoms with Crippen LogP contribution in [0.5, 0.6) is 11.5 Å². The topological polar surface area (TPSA) is 144 Å². The number of H-pyrrole nitrogens is 2. The molecular formula is C28H20N8O3. The third-order valence-corrected chi connectivity index (χ3v) is 6.96. The molecule has 1 saturated carbocycles. The summed E-state index contributed by atoms with van der Waals surface area (Å²) >= 11 is 0. The molecule has 2 aliphatic rings. The Kier molecular flexibility index (Phi) is 4.65. The molecule has 6 heterocycles. The maximum atomic E-state index is 12.2. The van der Waals surface area contributed by atoms with E-state index in [2.05, 4.69) is 30.5 Å². The van der Waals surface area contributed by atoms with E-state index in [-0.39, 0.29) is 18.6 Å². The predicted octanol–water partition coefficient (Wildman–Crippen LogP) is 4.70. The summed E-state index contributed by atoms with van der Waals surface area (Å²) in [6.45, 7) is 0.218. The number of benzene rings is 1. The number of pyridine rings is 3. The van der Waals surface area contributed by atoms with Crippen molar-refractivity contribution in [1.82, 2.24) is 35.1 Å². The number of rotatable bonds is 5. The Bertz CT molecular complexity index is 1920. The van der Waals surface area contributed by atoms with Gasteiger partial charge >= 0.3 is 0 Å². The first-order chi connectivity index (χ1) is 19.2. The van der Waals surface area contributed by atoms with Crippen LogP contribution >= 0.6 is 0 Å². The zero-order chi connectivity index (χ0) is 25.9. The Morgan fingerprint density at radius 2 is 1.90 bits per heavy atom. The van der Waals surface area contributed by atoms with Crippen LogP contribution in [0.4, 0.5) is 5.69 Å². The number of imidazole rings is 1. The van der Waals surface area contributed by atoms with E-state index in [1.807, 2.05) is 42.5 Å². The van der Waals surface area contributed by atoms with Gasteiger partial charge in [-0.1, -0.05) is 6.07 Å². The molecule has 1 amide bonds. The molecular weight excluding hydrogens is 496 g/mol. The number of amides is 1. The second-order valence-electron chi connectivity index (χ2n) is 9.60. The molecule has 1 aliphatic carbocycles. The second kappa shape index (κ2) is 8.35. The number of hydrogen-bond donors (Lipinski definition) is 3. The molecule has 0 atom stereocenters. The highest BCUT2D eigenvalue weighted by atomic mass is 16.7. The Hall–Kier alpha value is -5.32. The van der Waals surface area contributed by atoms with Crippen LogP contribution in [-0.2, 0) is 4.79 Å². The van der Waals surface area contributed by atoms with Gasteiger partial charge in [-0.2, -0.15) is 5.10 Å². The maximum absolute atomic E-state index is 12.2. The zero-order valence-electron chi connectivity index (χ0n) is 20.4. The molecule has 190 valence electrons. The molecule has 11 nitrogen and oxygen atoms in total. The minimum absolute atomic E-state index is 0.0353. The summed E-state index contributed by atoms with van der Waals surface area (Å²) in [4.78, 5) is 34.0. The van der Waals surface area contributed by atoms with Crippen LogP contribution in [0.3, 0.4) is 0 Å². The average molecular weight is 517 g/mol. The lowest BCUT2D eigenvalue weighted by molar-refractivity contribution is -0.117. The number of nitrogens with zero attached hydrogens (tertiary/aromatic N) is 5. The molecule has 5 aromatic heterocycles. The molecule has 3 N–H and O–H groups in total. The van der Waals surface area contributed by atoms with Crippen molar-refractivity contribution in [3.8, 4) is 45.4 Å². The number of aromatic amines is 2. The summed E-state index contributed by atoms with van der Waals surface area (Å²) in [6, 6.07) is 13.5. The van der Waals surface area contributed by atoms with E-state index >= 15 is 0 Å². The number of nitrogens with one attached hydrogen (secondary N) is 3. The summed E-state index contributed by atoms with van der Waals surface area (Å²) in [5.41, 5.74) is 7.37. The predicted molar refractivity (Wildman–Crippen MR) is 143 cm³/mol. The highest BCUT2D eigenvalue weighted by Gasteiger charge is 2.29.